The first-order valence-electron chi connectivity index (χ1n) is 4.30. The summed E-state index contributed by atoms with van der Waals surface area (Å²) in [4.78, 5) is 4.19. The standard InChI is InChI=1S/C10H10N2OS/c1-7-2-4-8(5-3-7)10-11-9(6-13)12-14-10/h2-5,13H,6H2,1H3. The summed E-state index contributed by atoms with van der Waals surface area (Å²) in [6, 6.07) is 8.10. The summed E-state index contributed by atoms with van der Waals surface area (Å²) < 4.78 is 4.01. The Morgan fingerprint density at radius 2 is 2.00 bits per heavy atom. The first-order valence-corrected chi connectivity index (χ1v) is 5.07. The third kappa shape index (κ3) is 1.81. The summed E-state index contributed by atoms with van der Waals surface area (Å²) >= 11 is 1.31. The zero-order valence-corrected chi connectivity index (χ0v) is 8.58. The van der Waals surface area contributed by atoms with Crippen LogP contribution in [0.5, 0.6) is 0 Å². The number of hydrogen-bond donors (Lipinski definition) is 1. The van der Waals surface area contributed by atoms with Gasteiger partial charge in [-0.05, 0) is 18.5 Å². The summed E-state index contributed by atoms with van der Waals surface area (Å²) in [7, 11) is 0. The van der Waals surface area contributed by atoms with Gasteiger partial charge in [-0.3, -0.25) is 0 Å². The minimum Gasteiger partial charge on any atom is -0.388 e. The largest absolute Gasteiger partial charge is 0.388 e. The Balaban J connectivity index is 2.34. The molecular formula is C10H10N2OS. The van der Waals surface area contributed by atoms with Gasteiger partial charge in [-0.15, -0.1) is 0 Å². The molecule has 0 radical (unpaired) electrons. The van der Waals surface area contributed by atoms with Crippen molar-refractivity contribution in [3.05, 3.63) is 35.7 Å². The van der Waals surface area contributed by atoms with Crippen molar-refractivity contribution >= 4 is 11.5 Å². The minimum absolute atomic E-state index is 0.0949. The van der Waals surface area contributed by atoms with E-state index in [4.69, 9.17) is 5.11 Å². The van der Waals surface area contributed by atoms with E-state index in [-0.39, 0.29) is 6.61 Å². The van der Waals surface area contributed by atoms with Gasteiger partial charge in [0.05, 0.1) is 0 Å². The van der Waals surface area contributed by atoms with Crippen LogP contribution in [0.15, 0.2) is 24.3 Å². The van der Waals surface area contributed by atoms with E-state index in [9.17, 15) is 0 Å². The molecule has 1 aromatic carbocycles. The van der Waals surface area contributed by atoms with E-state index >= 15 is 0 Å². The highest BCUT2D eigenvalue weighted by atomic mass is 32.1. The molecule has 0 fully saturated rings. The van der Waals surface area contributed by atoms with Crippen LogP contribution in [0.25, 0.3) is 10.6 Å². The van der Waals surface area contributed by atoms with Gasteiger partial charge in [-0.25, -0.2) is 4.98 Å². The molecule has 0 amide bonds. The molecule has 1 heterocycles. The lowest BCUT2D eigenvalue weighted by Gasteiger charge is -1.95. The summed E-state index contributed by atoms with van der Waals surface area (Å²) in [6.07, 6.45) is 0. The summed E-state index contributed by atoms with van der Waals surface area (Å²) in [5.74, 6) is 0.491. The molecule has 0 aliphatic carbocycles. The second-order valence-corrected chi connectivity index (χ2v) is 3.79. The molecule has 0 bridgehead atoms. The maximum absolute atomic E-state index is 8.82. The summed E-state index contributed by atoms with van der Waals surface area (Å²) in [5, 5.41) is 9.68. The number of aliphatic hydroxyl groups excluding tert-OH is 1. The zero-order chi connectivity index (χ0) is 9.97. The van der Waals surface area contributed by atoms with Crippen molar-refractivity contribution < 1.29 is 5.11 Å². The molecule has 1 N–H and O–H groups in total. The van der Waals surface area contributed by atoms with E-state index < -0.39 is 0 Å². The van der Waals surface area contributed by atoms with Crippen LogP contribution in [0.4, 0.5) is 0 Å². The number of aliphatic hydroxyl groups is 1. The Bertz CT molecular complexity index is 422. The highest BCUT2D eigenvalue weighted by Crippen LogP contribution is 2.21. The molecule has 0 aliphatic rings. The highest BCUT2D eigenvalue weighted by Gasteiger charge is 2.04. The maximum atomic E-state index is 8.82. The van der Waals surface area contributed by atoms with Gasteiger partial charge in [-0.2, -0.15) is 4.37 Å². The zero-order valence-electron chi connectivity index (χ0n) is 7.77. The Labute approximate surface area is 86.2 Å². The third-order valence-electron chi connectivity index (χ3n) is 1.91. The second-order valence-electron chi connectivity index (χ2n) is 3.04. The first kappa shape index (κ1) is 9.30. The molecular weight excluding hydrogens is 196 g/mol. The molecule has 0 spiro atoms. The summed E-state index contributed by atoms with van der Waals surface area (Å²) in [5.41, 5.74) is 2.27. The Morgan fingerprint density at radius 3 is 2.57 bits per heavy atom. The van der Waals surface area contributed by atoms with E-state index in [1.54, 1.807) is 0 Å². The third-order valence-corrected chi connectivity index (χ3v) is 2.71. The normalized spacial score (nSPS) is 10.4. The fourth-order valence-electron chi connectivity index (χ4n) is 1.13. The predicted molar refractivity (Wildman–Crippen MR) is 56.0 cm³/mol. The molecule has 0 saturated carbocycles. The number of benzene rings is 1. The molecule has 3 nitrogen and oxygen atoms in total. The van der Waals surface area contributed by atoms with E-state index in [1.165, 1.54) is 17.1 Å². The highest BCUT2D eigenvalue weighted by molar-refractivity contribution is 7.09. The van der Waals surface area contributed by atoms with E-state index in [0.717, 1.165) is 10.6 Å². The van der Waals surface area contributed by atoms with Gasteiger partial charge in [0.15, 0.2) is 5.82 Å². The molecule has 0 aliphatic heterocycles. The van der Waals surface area contributed by atoms with Crippen LogP contribution in [0, 0.1) is 6.92 Å². The van der Waals surface area contributed by atoms with Gasteiger partial charge in [0.2, 0.25) is 0 Å². The number of aryl methyl sites for hydroxylation is 1. The van der Waals surface area contributed by atoms with Gasteiger partial charge in [-0.1, -0.05) is 29.8 Å². The van der Waals surface area contributed by atoms with Crippen molar-refractivity contribution in [2.45, 2.75) is 13.5 Å². The molecule has 14 heavy (non-hydrogen) atoms. The van der Waals surface area contributed by atoms with Crippen molar-refractivity contribution in [1.82, 2.24) is 9.36 Å². The lowest BCUT2D eigenvalue weighted by molar-refractivity contribution is 0.273. The van der Waals surface area contributed by atoms with Gasteiger partial charge in [0, 0.05) is 5.56 Å². The van der Waals surface area contributed by atoms with E-state index in [0.29, 0.717) is 5.82 Å². The van der Waals surface area contributed by atoms with Crippen LogP contribution >= 0.6 is 11.5 Å². The van der Waals surface area contributed by atoms with Gasteiger partial charge in [0.25, 0.3) is 0 Å². The molecule has 72 valence electrons. The van der Waals surface area contributed by atoms with Crippen molar-refractivity contribution in [3.63, 3.8) is 0 Å². The van der Waals surface area contributed by atoms with Crippen LogP contribution in [-0.4, -0.2) is 14.5 Å². The van der Waals surface area contributed by atoms with Crippen LogP contribution in [0.3, 0.4) is 0 Å². The lowest BCUT2D eigenvalue weighted by atomic mass is 10.2. The lowest BCUT2D eigenvalue weighted by Crippen LogP contribution is -1.84. The number of rotatable bonds is 2. The molecule has 2 aromatic rings. The molecule has 0 atom stereocenters. The number of hydrogen-bond acceptors (Lipinski definition) is 4. The maximum Gasteiger partial charge on any atom is 0.168 e. The molecule has 4 heteroatoms. The molecule has 1 aromatic heterocycles. The van der Waals surface area contributed by atoms with Crippen LogP contribution in [-0.2, 0) is 6.61 Å². The molecule has 0 saturated heterocycles. The molecule has 0 unspecified atom stereocenters. The average molecular weight is 206 g/mol. The second kappa shape index (κ2) is 3.86. The Hall–Kier alpha value is -1.26. The average Bonchev–Trinajstić information content (AvgIpc) is 2.67. The van der Waals surface area contributed by atoms with E-state index in [1.807, 2.05) is 31.2 Å². The Kier molecular flexibility index (Phi) is 2.56. The van der Waals surface area contributed by atoms with Crippen molar-refractivity contribution in [2.75, 3.05) is 0 Å². The van der Waals surface area contributed by atoms with Crippen molar-refractivity contribution in [3.8, 4) is 10.6 Å². The summed E-state index contributed by atoms with van der Waals surface area (Å²) in [6.45, 7) is 1.95. The monoisotopic (exact) mass is 206 g/mol. The quantitative estimate of drug-likeness (QED) is 0.817. The van der Waals surface area contributed by atoms with Crippen molar-refractivity contribution in [1.29, 1.82) is 0 Å². The minimum atomic E-state index is -0.0949. The van der Waals surface area contributed by atoms with Crippen LogP contribution in [0.1, 0.15) is 11.4 Å². The number of aromatic nitrogens is 2. The van der Waals surface area contributed by atoms with Crippen LogP contribution in [0.2, 0.25) is 0 Å². The van der Waals surface area contributed by atoms with Gasteiger partial charge >= 0.3 is 0 Å². The fraction of sp³-hybridized carbons (Fsp3) is 0.200. The predicted octanol–water partition coefficient (Wildman–Crippen LogP) is 2.01. The SMILES string of the molecule is Cc1ccc(-c2nc(CO)ns2)cc1. The smallest absolute Gasteiger partial charge is 0.168 e. The molecule has 2 rings (SSSR count). The fourth-order valence-corrected chi connectivity index (χ4v) is 1.81. The van der Waals surface area contributed by atoms with Crippen LogP contribution < -0.4 is 0 Å². The first-order chi connectivity index (χ1) is 6.79. The van der Waals surface area contributed by atoms with Gasteiger partial charge < -0.3 is 5.11 Å². The van der Waals surface area contributed by atoms with Gasteiger partial charge in [0.1, 0.15) is 11.6 Å². The van der Waals surface area contributed by atoms with E-state index in [2.05, 4.69) is 9.36 Å². The number of nitrogens with zero attached hydrogens (tertiary/aromatic N) is 2. The Morgan fingerprint density at radius 1 is 1.29 bits per heavy atom. The van der Waals surface area contributed by atoms with Crippen molar-refractivity contribution in [2.24, 2.45) is 0 Å². The topological polar surface area (TPSA) is 46.0 Å².